The molecule has 0 aliphatic carbocycles. The molecule has 5 nitrogen and oxygen atoms in total. The highest BCUT2D eigenvalue weighted by molar-refractivity contribution is 6.31. The summed E-state index contributed by atoms with van der Waals surface area (Å²) < 4.78 is 10.5. The number of aryl methyl sites for hydroxylation is 1. The SMILES string of the molecule is CCCC(C)NC(=O)COC(=O)c1oc2ccc(Cl)cc2c1C. The molecule has 1 amide bonds. The predicted molar refractivity (Wildman–Crippen MR) is 88.8 cm³/mol. The fourth-order valence-electron chi connectivity index (χ4n) is 2.41. The number of furan rings is 1. The van der Waals surface area contributed by atoms with E-state index >= 15 is 0 Å². The molecule has 0 fully saturated rings. The summed E-state index contributed by atoms with van der Waals surface area (Å²) in [6.45, 7) is 5.38. The van der Waals surface area contributed by atoms with Crippen molar-refractivity contribution in [2.45, 2.75) is 39.7 Å². The Morgan fingerprint density at radius 2 is 2.13 bits per heavy atom. The number of halogens is 1. The normalized spacial score (nSPS) is 12.2. The zero-order valence-corrected chi connectivity index (χ0v) is 14.2. The van der Waals surface area contributed by atoms with Gasteiger partial charge < -0.3 is 14.5 Å². The lowest BCUT2D eigenvalue weighted by Crippen LogP contribution is -2.35. The average Bonchev–Trinajstić information content (AvgIpc) is 2.82. The molecule has 0 aliphatic heterocycles. The first-order chi connectivity index (χ1) is 10.9. The number of benzene rings is 1. The quantitative estimate of drug-likeness (QED) is 0.813. The number of hydrogen-bond acceptors (Lipinski definition) is 4. The van der Waals surface area contributed by atoms with Gasteiger partial charge in [-0.25, -0.2) is 4.79 Å². The Hall–Kier alpha value is -2.01. The van der Waals surface area contributed by atoms with Gasteiger partial charge in [0.2, 0.25) is 5.76 Å². The van der Waals surface area contributed by atoms with Crippen LogP contribution in [0, 0.1) is 6.92 Å². The summed E-state index contributed by atoms with van der Waals surface area (Å²) in [4.78, 5) is 23.8. The highest BCUT2D eigenvalue weighted by Gasteiger charge is 2.20. The molecule has 2 aromatic rings. The maximum atomic E-state index is 12.1. The van der Waals surface area contributed by atoms with Crippen LogP contribution in [0.4, 0.5) is 0 Å². The van der Waals surface area contributed by atoms with Crippen molar-refractivity contribution in [1.29, 1.82) is 0 Å². The molecule has 0 bridgehead atoms. The number of ether oxygens (including phenoxy) is 1. The Balaban J connectivity index is 2.01. The van der Waals surface area contributed by atoms with E-state index in [2.05, 4.69) is 5.32 Å². The standard InChI is InChI=1S/C17H20ClNO4/c1-4-5-10(2)19-15(20)9-22-17(21)16-11(3)13-8-12(18)6-7-14(13)23-16/h6-8,10H,4-5,9H2,1-3H3,(H,19,20). The van der Waals surface area contributed by atoms with Crippen molar-refractivity contribution in [1.82, 2.24) is 5.32 Å². The zero-order chi connectivity index (χ0) is 17.0. The zero-order valence-electron chi connectivity index (χ0n) is 13.4. The van der Waals surface area contributed by atoms with Crippen molar-refractivity contribution >= 4 is 34.4 Å². The first kappa shape index (κ1) is 17.3. The van der Waals surface area contributed by atoms with Crippen molar-refractivity contribution in [2.75, 3.05) is 6.61 Å². The maximum Gasteiger partial charge on any atom is 0.375 e. The van der Waals surface area contributed by atoms with Gasteiger partial charge in [-0.05, 0) is 38.5 Å². The molecule has 23 heavy (non-hydrogen) atoms. The smallest absolute Gasteiger partial charge is 0.375 e. The Bertz CT molecular complexity index is 723. The minimum atomic E-state index is -0.659. The van der Waals surface area contributed by atoms with Crippen LogP contribution >= 0.6 is 11.6 Å². The summed E-state index contributed by atoms with van der Waals surface area (Å²) in [6.07, 6.45) is 1.85. The third kappa shape index (κ3) is 4.26. The lowest BCUT2D eigenvalue weighted by atomic mass is 10.1. The molecule has 1 atom stereocenters. The second kappa shape index (κ2) is 7.51. The van der Waals surface area contributed by atoms with Gasteiger partial charge in [0.1, 0.15) is 5.58 Å². The van der Waals surface area contributed by atoms with Crippen LogP contribution < -0.4 is 5.32 Å². The fourth-order valence-corrected chi connectivity index (χ4v) is 2.58. The van der Waals surface area contributed by atoms with Crippen LogP contribution in [0.5, 0.6) is 0 Å². The van der Waals surface area contributed by atoms with E-state index < -0.39 is 5.97 Å². The lowest BCUT2D eigenvalue weighted by molar-refractivity contribution is -0.124. The van der Waals surface area contributed by atoms with Crippen molar-refractivity contribution in [2.24, 2.45) is 0 Å². The number of carbonyl (C=O) groups excluding carboxylic acids is 2. The summed E-state index contributed by atoms with van der Waals surface area (Å²) in [6, 6.07) is 5.16. The van der Waals surface area contributed by atoms with Gasteiger partial charge in [-0.1, -0.05) is 24.9 Å². The number of esters is 1. The first-order valence-electron chi connectivity index (χ1n) is 7.57. The Morgan fingerprint density at radius 1 is 1.39 bits per heavy atom. The van der Waals surface area contributed by atoms with E-state index in [1.807, 2.05) is 13.8 Å². The molecule has 2 rings (SSSR count). The van der Waals surface area contributed by atoms with Crippen LogP contribution in [-0.2, 0) is 9.53 Å². The van der Waals surface area contributed by atoms with Crippen LogP contribution in [0.3, 0.4) is 0 Å². The maximum absolute atomic E-state index is 12.1. The van der Waals surface area contributed by atoms with E-state index in [0.717, 1.165) is 18.2 Å². The van der Waals surface area contributed by atoms with E-state index in [-0.39, 0.29) is 24.3 Å². The van der Waals surface area contributed by atoms with Crippen LogP contribution in [0.15, 0.2) is 22.6 Å². The van der Waals surface area contributed by atoms with Crippen LogP contribution in [0.1, 0.15) is 42.8 Å². The molecule has 1 unspecified atom stereocenters. The second-order valence-electron chi connectivity index (χ2n) is 5.53. The van der Waals surface area contributed by atoms with Gasteiger partial charge in [-0.3, -0.25) is 4.79 Å². The molecule has 1 aromatic carbocycles. The molecule has 0 aliphatic rings. The van der Waals surface area contributed by atoms with Crippen molar-refractivity contribution in [3.63, 3.8) is 0 Å². The second-order valence-corrected chi connectivity index (χ2v) is 5.97. The minimum Gasteiger partial charge on any atom is -0.450 e. The van der Waals surface area contributed by atoms with E-state index in [0.29, 0.717) is 16.2 Å². The molecule has 1 N–H and O–H groups in total. The third-order valence-corrected chi connectivity index (χ3v) is 3.78. The van der Waals surface area contributed by atoms with Gasteiger partial charge in [0, 0.05) is 22.0 Å². The summed E-state index contributed by atoms with van der Waals surface area (Å²) in [7, 11) is 0. The topological polar surface area (TPSA) is 68.5 Å². The first-order valence-corrected chi connectivity index (χ1v) is 7.95. The monoisotopic (exact) mass is 337 g/mol. The molecular weight excluding hydrogens is 318 g/mol. The molecule has 124 valence electrons. The predicted octanol–water partition coefficient (Wildman–Crippen LogP) is 3.86. The molecule has 6 heteroatoms. The van der Waals surface area contributed by atoms with Gasteiger partial charge in [-0.2, -0.15) is 0 Å². The van der Waals surface area contributed by atoms with Gasteiger partial charge in [0.25, 0.3) is 5.91 Å². The van der Waals surface area contributed by atoms with Gasteiger partial charge in [0.05, 0.1) is 0 Å². The van der Waals surface area contributed by atoms with E-state index in [1.54, 1.807) is 25.1 Å². The van der Waals surface area contributed by atoms with Crippen molar-refractivity contribution in [3.8, 4) is 0 Å². The molecule has 0 radical (unpaired) electrons. The highest BCUT2D eigenvalue weighted by atomic mass is 35.5. The molecule has 1 heterocycles. The van der Waals surface area contributed by atoms with Gasteiger partial charge in [0.15, 0.2) is 6.61 Å². The van der Waals surface area contributed by atoms with E-state index in [1.165, 1.54) is 0 Å². The molecule has 0 spiro atoms. The average molecular weight is 338 g/mol. The van der Waals surface area contributed by atoms with Gasteiger partial charge >= 0.3 is 5.97 Å². The van der Waals surface area contributed by atoms with E-state index in [4.69, 9.17) is 20.8 Å². The van der Waals surface area contributed by atoms with Crippen molar-refractivity contribution in [3.05, 3.63) is 34.5 Å². The lowest BCUT2D eigenvalue weighted by Gasteiger charge is -2.12. The minimum absolute atomic E-state index is 0.0567. The highest BCUT2D eigenvalue weighted by Crippen LogP contribution is 2.28. The van der Waals surface area contributed by atoms with Gasteiger partial charge in [-0.15, -0.1) is 0 Å². The van der Waals surface area contributed by atoms with Crippen LogP contribution in [-0.4, -0.2) is 24.5 Å². The molecular formula is C17H20ClNO4. The molecule has 0 saturated carbocycles. The number of nitrogens with one attached hydrogen (secondary N) is 1. The molecule has 1 aromatic heterocycles. The Kier molecular flexibility index (Phi) is 5.66. The number of fused-ring (bicyclic) bond motifs is 1. The Labute approximate surface area is 139 Å². The Morgan fingerprint density at radius 3 is 2.83 bits per heavy atom. The number of rotatable bonds is 6. The summed E-state index contributed by atoms with van der Waals surface area (Å²) in [5.41, 5.74) is 1.20. The van der Waals surface area contributed by atoms with Crippen LogP contribution in [0.2, 0.25) is 5.02 Å². The largest absolute Gasteiger partial charge is 0.450 e. The summed E-state index contributed by atoms with van der Waals surface area (Å²) in [5, 5.41) is 4.09. The third-order valence-electron chi connectivity index (χ3n) is 3.55. The fraction of sp³-hybridized carbons (Fsp3) is 0.412. The van der Waals surface area contributed by atoms with Crippen LogP contribution in [0.25, 0.3) is 11.0 Å². The number of hydrogen-bond donors (Lipinski definition) is 1. The molecule has 0 saturated heterocycles. The van der Waals surface area contributed by atoms with E-state index in [9.17, 15) is 9.59 Å². The summed E-state index contributed by atoms with van der Waals surface area (Å²) in [5.74, 6) is -0.888. The van der Waals surface area contributed by atoms with Crippen molar-refractivity contribution < 1.29 is 18.7 Å². The summed E-state index contributed by atoms with van der Waals surface area (Å²) >= 11 is 5.95. The number of carbonyl (C=O) groups is 2. The number of amides is 1.